The highest BCUT2D eigenvalue weighted by Gasteiger charge is 2.62. The van der Waals surface area contributed by atoms with Crippen LogP contribution in [0.15, 0.2) is 30.3 Å². The third-order valence-electron chi connectivity index (χ3n) is 5.59. The molecule has 2 atom stereocenters. The topological polar surface area (TPSA) is 17.1 Å². The van der Waals surface area contributed by atoms with Crippen LogP contribution in [0.3, 0.4) is 0 Å². The highest BCUT2D eigenvalue weighted by molar-refractivity contribution is 5.92. The summed E-state index contributed by atoms with van der Waals surface area (Å²) in [6.07, 6.45) is 7.38. The Morgan fingerprint density at radius 2 is 2.11 bits per heavy atom. The standard InChI is InChI=1S/C18H22O/c1-13-5-4-6-14(11-13)7-9-18-10-8-15(12-16(18)19)17(18,2)3/h4-7,9,11,15H,8,10,12H2,1-3H3. The van der Waals surface area contributed by atoms with Gasteiger partial charge in [-0.15, -0.1) is 0 Å². The molecule has 2 fully saturated rings. The summed E-state index contributed by atoms with van der Waals surface area (Å²) in [6, 6.07) is 8.46. The number of ketones is 1. The minimum atomic E-state index is -0.207. The van der Waals surface area contributed by atoms with Crippen LogP contribution in [0.4, 0.5) is 0 Å². The molecule has 0 aliphatic heterocycles. The molecule has 0 radical (unpaired) electrons. The predicted octanol–water partition coefficient (Wildman–Crippen LogP) is 4.40. The second kappa shape index (κ2) is 4.06. The van der Waals surface area contributed by atoms with Crippen molar-refractivity contribution in [2.75, 3.05) is 0 Å². The zero-order chi connectivity index (χ0) is 13.7. The van der Waals surface area contributed by atoms with Crippen LogP contribution in [0.1, 0.15) is 44.2 Å². The molecular weight excluding hydrogens is 232 g/mol. The Balaban J connectivity index is 1.96. The van der Waals surface area contributed by atoms with Gasteiger partial charge in [-0.05, 0) is 36.7 Å². The van der Waals surface area contributed by atoms with E-state index in [0.29, 0.717) is 11.7 Å². The molecule has 0 aromatic heterocycles. The summed E-state index contributed by atoms with van der Waals surface area (Å²) in [7, 11) is 0. The lowest BCUT2D eigenvalue weighted by Gasteiger charge is -2.33. The quantitative estimate of drug-likeness (QED) is 0.764. The van der Waals surface area contributed by atoms with Gasteiger partial charge in [0.1, 0.15) is 5.78 Å². The number of benzene rings is 1. The molecule has 1 heteroatoms. The number of rotatable bonds is 2. The first kappa shape index (κ1) is 12.7. The Morgan fingerprint density at radius 3 is 2.68 bits per heavy atom. The lowest BCUT2D eigenvalue weighted by atomic mass is 9.68. The fourth-order valence-corrected chi connectivity index (χ4v) is 4.11. The molecule has 3 rings (SSSR count). The zero-order valence-electron chi connectivity index (χ0n) is 12.1. The SMILES string of the molecule is Cc1cccc(C=CC23CCC(CC2=O)C3(C)C)c1. The normalized spacial score (nSPS) is 32.4. The van der Waals surface area contributed by atoms with Crippen molar-refractivity contribution in [2.24, 2.45) is 16.7 Å². The van der Waals surface area contributed by atoms with E-state index in [-0.39, 0.29) is 10.8 Å². The zero-order valence-corrected chi connectivity index (χ0v) is 12.1. The van der Waals surface area contributed by atoms with Crippen molar-refractivity contribution in [3.63, 3.8) is 0 Å². The van der Waals surface area contributed by atoms with E-state index in [1.165, 1.54) is 17.5 Å². The van der Waals surface area contributed by atoms with E-state index in [4.69, 9.17) is 0 Å². The van der Waals surface area contributed by atoms with Gasteiger partial charge >= 0.3 is 0 Å². The Morgan fingerprint density at radius 1 is 1.32 bits per heavy atom. The van der Waals surface area contributed by atoms with Gasteiger partial charge in [-0.25, -0.2) is 0 Å². The minimum Gasteiger partial charge on any atom is -0.299 e. The van der Waals surface area contributed by atoms with Crippen molar-refractivity contribution in [3.05, 3.63) is 41.5 Å². The lowest BCUT2D eigenvalue weighted by Crippen LogP contribution is -2.33. The summed E-state index contributed by atoms with van der Waals surface area (Å²) in [4.78, 5) is 12.4. The number of carbonyl (C=O) groups excluding carboxylic acids is 1. The van der Waals surface area contributed by atoms with Gasteiger partial charge in [-0.3, -0.25) is 4.79 Å². The maximum atomic E-state index is 12.4. The largest absolute Gasteiger partial charge is 0.299 e. The fraction of sp³-hybridized carbons (Fsp3) is 0.500. The second-order valence-corrected chi connectivity index (χ2v) is 6.80. The number of carbonyl (C=O) groups is 1. The van der Waals surface area contributed by atoms with E-state index in [1.54, 1.807) is 0 Å². The summed E-state index contributed by atoms with van der Waals surface area (Å²) in [5, 5.41) is 0. The molecule has 0 heterocycles. The molecule has 2 aliphatic rings. The van der Waals surface area contributed by atoms with E-state index in [2.05, 4.69) is 57.2 Å². The maximum absolute atomic E-state index is 12.4. The van der Waals surface area contributed by atoms with Gasteiger partial charge in [0.05, 0.1) is 5.41 Å². The highest BCUT2D eigenvalue weighted by atomic mass is 16.1. The van der Waals surface area contributed by atoms with Crippen molar-refractivity contribution in [3.8, 4) is 0 Å². The van der Waals surface area contributed by atoms with Crippen LogP contribution in [0.5, 0.6) is 0 Å². The van der Waals surface area contributed by atoms with Gasteiger partial charge in [0.25, 0.3) is 0 Å². The van der Waals surface area contributed by atoms with E-state index in [9.17, 15) is 4.79 Å². The van der Waals surface area contributed by atoms with Gasteiger partial charge in [0, 0.05) is 6.42 Å². The predicted molar refractivity (Wildman–Crippen MR) is 78.8 cm³/mol. The van der Waals surface area contributed by atoms with E-state index >= 15 is 0 Å². The van der Waals surface area contributed by atoms with Crippen LogP contribution in [-0.2, 0) is 4.79 Å². The van der Waals surface area contributed by atoms with Crippen molar-refractivity contribution < 1.29 is 4.79 Å². The number of fused-ring (bicyclic) bond motifs is 2. The van der Waals surface area contributed by atoms with Crippen LogP contribution in [0, 0.1) is 23.7 Å². The molecular formula is C18H22O. The minimum absolute atomic E-state index is 0.129. The van der Waals surface area contributed by atoms with Gasteiger partial charge in [-0.2, -0.15) is 0 Å². The molecule has 1 nitrogen and oxygen atoms in total. The molecule has 1 aromatic rings. The second-order valence-electron chi connectivity index (χ2n) is 6.80. The van der Waals surface area contributed by atoms with Crippen molar-refractivity contribution in [1.82, 2.24) is 0 Å². The average molecular weight is 254 g/mol. The monoisotopic (exact) mass is 254 g/mol. The number of Topliss-reactive ketones (excluding diaryl/α,β-unsaturated/α-hetero) is 1. The molecule has 2 unspecified atom stereocenters. The molecule has 19 heavy (non-hydrogen) atoms. The molecule has 0 amide bonds. The maximum Gasteiger partial charge on any atom is 0.143 e. The first-order chi connectivity index (χ1) is 8.96. The molecule has 2 saturated carbocycles. The van der Waals surface area contributed by atoms with E-state index in [0.717, 1.165) is 12.8 Å². The Bertz CT molecular complexity index is 553. The number of allylic oxidation sites excluding steroid dienone is 1. The summed E-state index contributed by atoms with van der Waals surface area (Å²) in [5.74, 6) is 1.04. The van der Waals surface area contributed by atoms with Crippen LogP contribution in [-0.4, -0.2) is 5.78 Å². The summed E-state index contributed by atoms with van der Waals surface area (Å²) < 4.78 is 0. The fourth-order valence-electron chi connectivity index (χ4n) is 4.11. The van der Waals surface area contributed by atoms with Crippen molar-refractivity contribution in [1.29, 1.82) is 0 Å². The van der Waals surface area contributed by atoms with Gasteiger partial charge < -0.3 is 0 Å². The van der Waals surface area contributed by atoms with Crippen LogP contribution >= 0.6 is 0 Å². The summed E-state index contributed by atoms with van der Waals surface area (Å²) >= 11 is 0. The van der Waals surface area contributed by atoms with E-state index < -0.39 is 0 Å². The lowest BCUT2D eigenvalue weighted by molar-refractivity contribution is -0.126. The summed E-state index contributed by atoms with van der Waals surface area (Å²) in [6.45, 7) is 6.65. The Labute approximate surface area is 115 Å². The van der Waals surface area contributed by atoms with Crippen LogP contribution < -0.4 is 0 Å². The summed E-state index contributed by atoms with van der Waals surface area (Å²) in [5.41, 5.74) is 2.39. The smallest absolute Gasteiger partial charge is 0.143 e. The molecule has 0 saturated heterocycles. The van der Waals surface area contributed by atoms with Gasteiger partial charge in [-0.1, -0.05) is 55.8 Å². The van der Waals surface area contributed by atoms with Crippen LogP contribution in [0.25, 0.3) is 6.08 Å². The average Bonchev–Trinajstić information content (AvgIpc) is 2.70. The number of hydrogen-bond donors (Lipinski definition) is 0. The van der Waals surface area contributed by atoms with E-state index in [1.807, 2.05) is 0 Å². The highest BCUT2D eigenvalue weighted by Crippen LogP contribution is 2.64. The third-order valence-corrected chi connectivity index (χ3v) is 5.59. The van der Waals surface area contributed by atoms with Crippen molar-refractivity contribution >= 4 is 11.9 Å². The van der Waals surface area contributed by atoms with Gasteiger partial charge in [0.15, 0.2) is 0 Å². The first-order valence-corrected chi connectivity index (χ1v) is 7.25. The molecule has 1 aromatic carbocycles. The molecule has 100 valence electrons. The van der Waals surface area contributed by atoms with Gasteiger partial charge in [0.2, 0.25) is 0 Å². The van der Waals surface area contributed by atoms with Crippen LogP contribution in [0.2, 0.25) is 0 Å². The Kier molecular flexibility index (Phi) is 2.70. The first-order valence-electron chi connectivity index (χ1n) is 7.25. The number of aryl methyl sites for hydroxylation is 1. The third kappa shape index (κ3) is 1.71. The molecule has 0 spiro atoms. The van der Waals surface area contributed by atoms with Crippen molar-refractivity contribution in [2.45, 2.75) is 40.0 Å². The number of hydrogen-bond acceptors (Lipinski definition) is 1. The molecule has 2 bridgehead atoms. The molecule has 2 aliphatic carbocycles. The molecule has 0 N–H and O–H groups in total. The Hall–Kier alpha value is -1.37.